The summed E-state index contributed by atoms with van der Waals surface area (Å²) in [5.74, 6) is -1.55. The summed E-state index contributed by atoms with van der Waals surface area (Å²) in [6, 6.07) is 10.1. The minimum atomic E-state index is -4.66. The van der Waals surface area contributed by atoms with E-state index in [-0.39, 0.29) is 39.6 Å². The van der Waals surface area contributed by atoms with E-state index in [0.29, 0.717) is 0 Å². The lowest BCUT2D eigenvalue weighted by molar-refractivity contribution is -0.351. The third-order valence-corrected chi connectivity index (χ3v) is 6.37. The highest BCUT2D eigenvalue weighted by atomic mass is 32.2. The summed E-state index contributed by atoms with van der Waals surface area (Å²) in [7, 11) is -6.88. The average molecular weight is 496 g/mol. The topological polar surface area (TPSA) is 179 Å². The van der Waals surface area contributed by atoms with Crippen molar-refractivity contribution in [1.29, 1.82) is 0 Å². The summed E-state index contributed by atoms with van der Waals surface area (Å²) in [5.41, 5.74) is 0.461. The van der Waals surface area contributed by atoms with Gasteiger partial charge in [0.25, 0.3) is 20.2 Å². The molecular formula is C20H18NO10S2+. The number of hydrogen-bond acceptors (Lipinski definition) is 7. The van der Waals surface area contributed by atoms with E-state index < -0.39 is 36.0 Å². The maximum atomic E-state index is 11.7. The molecule has 0 amide bonds. The van der Waals surface area contributed by atoms with Crippen LogP contribution in [0.4, 0.5) is 0 Å². The van der Waals surface area contributed by atoms with Gasteiger partial charge >= 0.3 is 5.97 Å². The van der Waals surface area contributed by atoms with Gasteiger partial charge in [-0.3, -0.25) is 9.11 Å². The first-order valence-corrected chi connectivity index (χ1v) is 11.9. The van der Waals surface area contributed by atoms with E-state index in [9.17, 15) is 35.8 Å². The predicted molar refractivity (Wildman–Crippen MR) is 114 cm³/mol. The Morgan fingerprint density at radius 3 is 1.45 bits per heavy atom. The highest BCUT2D eigenvalue weighted by Gasteiger charge is 2.24. The van der Waals surface area contributed by atoms with E-state index in [4.69, 9.17) is 9.47 Å². The number of aromatic amines is 1. The molecular weight excluding hydrogens is 478 g/mol. The molecule has 0 aliphatic heterocycles. The van der Waals surface area contributed by atoms with Crippen molar-refractivity contribution in [1.82, 2.24) is 0 Å². The van der Waals surface area contributed by atoms with E-state index in [1.807, 2.05) is 0 Å². The Morgan fingerprint density at radius 1 is 0.758 bits per heavy atom. The van der Waals surface area contributed by atoms with Crippen LogP contribution >= 0.6 is 0 Å². The second-order valence-electron chi connectivity index (χ2n) is 6.68. The second kappa shape index (κ2) is 8.78. The molecule has 4 N–H and O–H groups in total. The molecule has 1 heterocycles. The Kier molecular flexibility index (Phi) is 6.42. The first-order valence-electron chi connectivity index (χ1n) is 8.97. The van der Waals surface area contributed by atoms with E-state index in [1.54, 1.807) is 0 Å². The van der Waals surface area contributed by atoms with Gasteiger partial charge in [-0.05, 0) is 36.4 Å². The van der Waals surface area contributed by atoms with E-state index in [2.05, 4.69) is 4.98 Å². The Balaban J connectivity index is 2.27. The number of aromatic carboxylic acids is 1. The molecule has 0 spiro atoms. The van der Waals surface area contributed by atoms with E-state index in [0.717, 1.165) is 12.1 Å². The maximum Gasteiger partial charge on any atom is 0.336 e. The number of rotatable bonds is 7. The lowest BCUT2D eigenvalue weighted by atomic mass is 10.0. The molecule has 33 heavy (non-hydrogen) atoms. The monoisotopic (exact) mass is 496 g/mol. The van der Waals surface area contributed by atoms with Gasteiger partial charge < -0.3 is 14.6 Å². The predicted octanol–water partition coefficient (Wildman–Crippen LogP) is 2.04. The van der Waals surface area contributed by atoms with Gasteiger partial charge in [-0.2, -0.15) is 16.8 Å². The summed E-state index contributed by atoms with van der Waals surface area (Å²) >= 11 is 0. The fourth-order valence-electron chi connectivity index (χ4n) is 3.10. The van der Waals surface area contributed by atoms with Crippen LogP contribution in [0.3, 0.4) is 0 Å². The van der Waals surface area contributed by atoms with Crippen LogP contribution in [0.15, 0.2) is 58.3 Å². The quantitative estimate of drug-likeness (QED) is 0.410. The average Bonchev–Trinajstić information content (AvgIpc) is 2.76. The summed E-state index contributed by atoms with van der Waals surface area (Å²) in [6.45, 7) is 0. The van der Waals surface area contributed by atoms with Crippen LogP contribution in [0.5, 0.6) is 11.5 Å². The van der Waals surface area contributed by atoms with Gasteiger partial charge in [0.1, 0.15) is 21.3 Å². The number of benzene rings is 2. The fraction of sp³-hybridized carbons (Fsp3) is 0.100. The molecule has 0 unspecified atom stereocenters. The SMILES string of the molecule is COc1ccc(-c2cc(C(=O)O)cc(-c3ccc(OC)c(S(=O)(=O)O)c3)[nH+]2)cc1S(=O)(=O)O. The van der Waals surface area contributed by atoms with E-state index >= 15 is 0 Å². The smallest absolute Gasteiger partial charge is 0.336 e. The van der Waals surface area contributed by atoms with Gasteiger partial charge in [-0.15, -0.1) is 0 Å². The van der Waals surface area contributed by atoms with Crippen molar-refractivity contribution in [3.8, 4) is 34.0 Å². The summed E-state index contributed by atoms with van der Waals surface area (Å²) in [4.78, 5) is 13.5. The van der Waals surface area contributed by atoms with E-state index in [1.165, 1.54) is 50.6 Å². The van der Waals surface area contributed by atoms with Crippen molar-refractivity contribution in [3.63, 3.8) is 0 Å². The standard InChI is InChI=1S/C20H17NO10S2/c1-30-16-5-3-11(9-18(16)32(24,25)26)14-7-13(20(22)23)8-15(21-14)12-4-6-17(31-2)19(10-12)33(27,28)29/h3-10H,1-2H3,(H,22,23)(H,24,25,26)(H,27,28,29)/p+1. The molecule has 0 fully saturated rings. The van der Waals surface area contributed by atoms with Gasteiger partial charge in [0, 0.05) is 23.3 Å². The normalized spacial score (nSPS) is 11.8. The number of methoxy groups -OCH3 is 2. The minimum absolute atomic E-state index is 0.121. The third kappa shape index (κ3) is 5.12. The molecule has 1 aromatic heterocycles. The molecule has 0 saturated carbocycles. The summed E-state index contributed by atoms with van der Waals surface area (Å²) < 4.78 is 75.8. The maximum absolute atomic E-state index is 11.7. The number of pyridine rings is 1. The van der Waals surface area contributed by atoms with Crippen LogP contribution in [0.2, 0.25) is 0 Å². The molecule has 2 aromatic carbocycles. The second-order valence-corrected chi connectivity index (χ2v) is 9.46. The molecule has 0 aliphatic rings. The zero-order valence-corrected chi connectivity index (χ0v) is 18.8. The number of carbonyl (C=O) groups is 1. The van der Waals surface area contributed by atoms with Gasteiger partial charge in [0.2, 0.25) is 11.4 Å². The Hall–Kier alpha value is -3.52. The Labute approximate surface area is 188 Å². The molecule has 174 valence electrons. The van der Waals surface area contributed by atoms with Crippen molar-refractivity contribution in [2.24, 2.45) is 0 Å². The number of nitrogens with one attached hydrogen (secondary N) is 1. The molecule has 0 saturated heterocycles. The number of carboxylic acids is 1. The van der Waals surface area contributed by atoms with Gasteiger partial charge in [0.15, 0.2) is 0 Å². The molecule has 0 bridgehead atoms. The fourth-order valence-corrected chi connectivity index (χ4v) is 4.46. The number of hydrogen-bond donors (Lipinski definition) is 3. The van der Waals surface area contributed by atoms with Crippen molar-refractivity contribution < 1.29 is 50.3 Å². The zero-order valence-electron chi connectivity index (χ0n) is 17.1. The van der Waals surface area contributed by atoms with Crippen molar-refractivity contribution in [2.45, 2.75) is 9.79 Å². The van der Waals surface area contributed by atoms with Crippen LogP contribution in [0.1, 0.15) is 10.4 Å². The van der Waals surface area contributed by atoms with Crippen LogP contribution in [0, 0.1) is 0 Å². The summed E-state index contributed by atoms with van der Waals surface area (Å²) in [6.07, 6.45) is 0. The van der Waals surface area contributed by atoms with Crippen molar-refractivity contribution in [2.75, 3.05) is 14.2 Å². The Morgan fingerprint density at radius 2 is 1.15 bits per heavy atom. The lowest BCUT2D eigenvalue weighted by Gasteiger charge is -2.09. The molecule has 0 atom stereocenters. The molecule has 11 nitrogen and oxygen atoms in total. The van der Waals surface area contributed by atoms with Crippen LogP contribution in [-0.2, 0) is 20.2 Å². The molecule has 3 rings (SSSR count). The number of ether oxygens (including phenoxy) is 2. The third-order valence-electron chi connectivity index (χ3n) is 4.62. The minimum Gasteiger partial charge on any atom is -0.495 e. The largest absolute Gasteiger partial charge is 0.495 e. The van der Waals surface area contributed by atoms with Gasteiger partial charge in [-0.25, -0.2) is 9.78 Å². The summed E-state index contributed by atoms with van der Waals surface area (Å²) in [5, 5.41) is 9.53. The highest BCUT2D eigenvalue weighted by Crippen LogP contribution is 2.31. The lowest BCUT2D eigenvalue weighted by Crippen LogP contribution is -2.15. The van der Waals surface area contributed by atoms with Crippen LogP contribution < -0.4 is 14.5 Å². The Bertz CT molecular complexity index is 1360. The number of H-pyrrole nitrogens is 1. The van der Waals surface area contributed by atoms with Crippen LogP contribution in [0.25, 0.3) is 22.5 Å². The van der Waals surface area contributed by atoms with Crippen molar-refractivity contribution >= 4 is 26.2 Å². The zero-order chi connectivity index (χ0) is 24.6. The molecule has 3 aromatic rings. The molecule has 13 heteroatoms. The van der Waals surface area contributed by atoms with Gasteiger partial charge in [0.05, 0.1) is 19.8 Å². The highest BCUT2D eigenvalue weighted by molar-refractivity contribution is 7.86. The number of carboxylic acid groups (broad SMARTS) is 1. The first-order chi connectivity index (χ1) is 15.3. The van der Waals surface area contributed by atoms with Crippen LogP contribution in [-0.4, -0.2) is 51.2 Å². The van der Waals surface area contributed by atoms with Gasteiger partial charge in [-0.1, -0.05) is 0 Å². The molecule has 0 radical (unpaired) electrons. The van der Waals surface area contributed by atoms with Crippen molar-refractivity contribution in [3.05, 3.63) is 54.1 Å². The number of aromatic nitrogens is 1. The first kappa shape index (κ1) is 24.1. The molecule has 0 aliphatic carbocycles.